The lowest BCUT2D eigenvalue weighted by molar-refractivity contribution is 0.0240. The fraction of sp³-hybridized carbons (Fsp3) is 0.393. The number of fused-ring (bicyclic) bond motifs is 1. The summed E-state index contributed by atoms with van der Waals surface area (Å²) in [7, 11) is 0. The maximum absolute atomic E-state index is 12.3. The van der Waals surface area contributed by atoms with Gasteiger partial charge in [-0.25, -0.2) is 4.79 Å². The first-order chi connectivity index (χ1) is 17.2. The van der Waals surface area contributed by atoms with Crippen molar-refractivity contribution in [3.63, 3.8) is 0 Å². The van der Waals surface area contributed by atoms with Gasteiger partial charge in [-0.2, -0.15) is 0 Å². The molecule has 2 N–H and O–H groups in total. The highest BCUT2D eigenvalue weighted by Crippen LogP contribution is 2.29. The van der Waals surface area contributed by atoms with Crippen molar-refractivity contribution < 1.29 is 14.3 Å². The number of hydrogen-bond donors (Lipinski definition) is 2. The van der Waals surface area contributed by atoms with Crippen LogP contribution in [0.4, 0.5) is 10.5 Å². The Bertz CT molecular complexity index is 1270. The van der Waals surface area contributed by atoms with Crippen LogP contribution in [0, 0.1) is 0 Å². The summed E-state index contributed by atoms with van der Waals surface area (Å²) < 4.78 is 5.50. The minimum atomic E-state index is -0.483. The van der Waals surface area contributed by atoms with Crippen LogP contribution in [0.3, 0.4) is 0 Å². The Morgan fingerprint density at radius 3 is 2.44 bits per heavy atom. The second-order valence-corrected chi connectivity index (χ2v) is 10.6. The Morgan fingerprint density at radius 2 is 1.75 bits per heavy atom. The number of carbonyl (C=O) groups is 2. The number of aromatic nitrogens is 2. The lowest BCUT2D eigenvalue weighted by Crippen LogP contribution is -2.50. The van der Waals surface area contributed by atoms with Crippen LogP contribution in [0.5, 0.6) is 0 Å². The number of aromatic amines is 1. The Hall–Kier alpha value is -3.81. The van der Waals surface area contributed by atoms with Gasteiger partial charge in [0.1, 0.15) is 5.60 Å². The molecule has 0 spiro atoms. The second kappa shape index (κ2) is 9.33. The molecule has 1 saturated heterocycles. The van der Waals surface area contributed by atoms with Crippen molar-refractivity contribution in [1.82, 2.24) is 20.2 Å². The maximum Gasteiger partial charge on any atom is 0.410 e. The number of anilines is 1. The molecule has 8 heteroatoms. The number of H-pyrrole nitrogens is 1. The predicted octanol–water partition coefficient (Wildman–Crippen LogP) is 4.48. The first kappa shape index (κ1) is 23.9. The average Bonchev–Trinajstić information content (AvgIpc) is 3.28. The highest BCUT2D eigenvalue weighted by molar-refractivity contribution is 5.98. The molecule has 0 bridgehead atoms. The van der Waals surface area contributed by atoms with E-state index in [0.29, 0.717) is 13.1 Å². The molecule has 36 heavy (non-hydrogen) atoms. The summed E-state index contributed by atoms with van der Waals surface area (Å²) >= 11 is 0. The zero-order valence-corrected chi connectivity index (χ0v) is 21.3. The number of rotatable bonds is 3. The van der Waals surface area contributed by atoms with Gasteiger partial charge >= 0.3 is 6.09 Å². The number of benzene rings is 1. The summed E-state index contributed by atoms with van der Waals surface area (Å²) in [6.45, 7) is 10.5. The van der Waals surface area contributed by atoms with Crippen LogP contribution >= 0.6 is 0 Å². The van der Waals surface area contributed by atoms with E-state index >= 15 is 0 Å². The summed E-state index contributed by atoms with van der Waals surface area (Å²) in [4.78, 5) is 36.7. The molecule has 1 fully saturated rings. The first-order valence-corrected chi connectivity index (χ1v) is 12.5. The van der Waals surface area contributed by atoms with Crippen LogP contribution in [-0.4, -0.2) is 64.7 Å². The third kappa shape index (κ3) is 5.08. The van der Waals surface area contributed by atoms with E-state index in [1.54, 1.807) is 11.1 Å². The summed E-state index contributed by atoms with van der Waals surface area (Å²) in [5.74, 6) is -0.0250. The van der Waals surface area contributed by atoms with Gasteiger partial charge in [-0.3, -0.25) is 9.78 Å². The van der Waals surface area contributed by atoms with Crippen LogP contribution in [0.2, 0.25) is 0 Å². The standard InChI is InChI=1S/C28H33N5O3/c1-18-15-25-22(26(34)30-18)17-24(31-25)20-9-10-29-23(16-20)19-5-7-21(8-6-19)32-11-13-33(14-12-32)27(35)36-28(2,3)4/h5-10,16-18,31H,11-15H2,1-4H3,(H,30,34)/t18-/m1/s1. The SMILES string of the molecule is C[C@@H]1Cc2[nH]c(-c3ccnc(-c4ccc(N5CCN(C(=O)OC(C)(C)C)CC5)cc4)c3)cc2C(=O)N1. The van der Waals surface area contributed by atoms with Gasteiger partial charge < -0.3 is 24.8 Å². The quantitative estimate of drug-likeness (QED) is 0.569. The van der Waals surface area contributed by atoms with Crippen LogP contribution in [0.15, 0.2) is 48.7 Å². The predicted molar refractivity (Wildman–Crippen MR) is 140 cm³/mol. The van der Waals surface area contributed by atoms with Crippen LogP contribution in [-0.2, 0) is 11.2 Å². The topological polar surface area (TPSA) is 90.6 Å². The highest BCUT2D eigenvalue weighted by Gasteiger charge is 2.26. The Kier molecular flexibility index (Phi) is 6.20. The number of carbonyl (C=O) groups excluding carboxylic acids is 2. The largest absolute Gasteiger partial charge is 0.444 e. The zero-order chi connectivity index (χ0) is 25.4. The van der Waals surface area contributed by atoms with Gasteiger partial charge in [-0.1, -0.05) is 12.1 Å². The minimum absolute atomic E-state index is 0.0250. The molecule has 188 valence electrons. The van der Waals surface area contributed by atoms with E-state index in [-0.39, 0.29) is 18.0 Å². The van der Waals surface area contributed by atoms with Gasteiger partial charge in [-0.15, -0.1) is 0 Å². The summed E-state index contributed by atoms with van der Waals surface area (Å²) in [5, 5.41) is 2.99. The number of hydrogen-bond acceptors (Lipinski definition) is 5. The lowest BCUT2D eigenvalue weighted by Gasteiger charge is -2.36. The molecule has 2 aliphatic rings. The molecule has 0 radical (unpaired) electrons. The van der Waals surface area contributed by atoms with Crippen molar-refractivity contribution in [1.29, 1.82) is 0 Å². The van der Waals surface area contributed by atoms with E-state index in [4.69, 9.17) is 4.74 Å². The molecule has 5 rings (SSSR count). The van der Waals surface area contributed by atoms with Crippen molar-refractivity contribution in [3.8, 4) is 22.5 Å². The van der Waals surface area contributed by atoms with Crippen molar-refractivity contribution in [3.05, 3.63) is 59.9 Å². The average molecular weight is 488 g/mol. The van der Waals surface area contributed by atoms with Gasteiger partial charge in [0.25, 0.3) is 5.91 Å². The third-order valence-electron chi connectivity index (χ3n) is 6.56. The second-order valence-electron chi connectivity index (χ2n) is 10.6. The fourth-order valence-electron chi connectivity index (χ4n) is 4.75. The smallest absolute Gasteiger partial charge is 0.410 e. The molecule has 0 aliphatic carbocycles. The summed E-state index contributed by atoms with van der Waals surface area (Å²) in [6.07, 6.45) is 2.35. The summed E-state index contributed by atoms with van der Waals surface area (Å²) in [5.41, 5.74) is 6.16. The molecule has 4 heterocycles. The zero-order valence-electron chi connectivity index (χ0n) is 21.3. The molecular formula is C28H33N5O3. The molecule has 1 aromatic carbocycles. The molecule has 0 unspecified atom stereocenters. The van der Waals surface area contributed by atoms with E-state index in [9.17, 15) is 9.59 Å². The van der Waals surface area contributed by atoms with Gasteiger partial charge in [0, 0.05) is 73.0 Å². The normalized spacial score (nSPS) is 18.0. The van der Waals surface area contributed by atoms with E-state index in [1.807, 2.05) is 45.9 Å². The monoisotopic (exact) mass is 487 g/mol. The number of pyridine rings is 1. The van der Waals surface area contributed by atoms with Crippen molar-refractivity contribution in [2.45, 2.75) is 45.8 Å². The number of nitrogens with one attached hydrogen (secondary N) is 2. The molecule has 1 atom stereocenters. The Morgan fingerprint density at radius 1 is 1.03 bits per heavy atom. The first-order valence-electron chi connectivity index (χ1n) is 12.5. The number of amides is 2. The fourth-order valence-corrected chi connectivity index (χ4v) is 4.75. The van der Waals surface area contributed by atoms with Crippen LogP contribution in [0.1, 0.15) is 43.7 Å². The Balaban J connectivity index is 1.27. The lowest BCUT2D eigenvalue weighted by atomic mass is 10.0. The third-order valence-corrected chi connectivity index (χ3v) is 6.56. The minimum Gasteiger partial charge on any atom is -0.444 e. The Labute approximate surface area is 211 Å². The molecule has 2 aliphatic heterocycles. The molecule has 3 aromatic rings. The van der Waals surface area contributed by atoms with E-state index < -0.39 is 5.60 Å². The van der Waals surface area contributed by atoms with E-state index in [2.05, 4.69) is 44.5 Å². The van der Waals surface area contributed by atoms with Crippen molar-refractivity contribution in [2.75, 3.05) is 31.1 Å². The van der Waals surface area contributed by atoms with Crippen molar-refractivity contribution in [2.24, 2.45) is 0 Å². The number of ether oxygens (including phenoxy) is 1. The molecular weight excluding hydrogens is 454 g/mol. The van der Waals surface area contributed by atoms with Gasteiger partial charge in [0.15, 0.2) is 0 Å². The van der Waals surface area contributed by atoms with Gasteiger partial charge in [0.2, 0.25) is 0 Å². The molecule has 2 amide bonds. The van der Waals surface area contributed by atoms with Crippen LogP contribution < -0.4 is 10.2 Å². The van der Waals surface area contributed by atoms with E-state index in [1.165, 1.54) is 0 Å². The van der Waals surface area contributed by atoms with Gasteiger partial charge in [0.05, 0.1) is 11.3 Å². The van der Waals surface area contributed by atoms with Gasteiger partial charge in [-0.05, 0) is 58.0 Å². The van der Waals surface area contributed by atoms with E-state index in [0.717, 1.165) is 59.0 Å². The molecule has 0 saturated carbocycles. The molecule has 2 aromatic heterocycles. The highest BCUT2D eigenvalue weighted by atomic mass is 16.6. The number of piperazine rings is 1. The molecule has 8 nitrogen and oxygen atoms in total. The maximum atomic E-state index is 12.3. The number of nitrogens with zero attached hydrogens (tertiary/aromatic N) is 3. The van der Waals surface area contributed by atoms with Crippen molar-refractivity contribution >= 4 is 17.7 Å². The summed E-state index contributed by atoms with van der Waals surface area (Å²) in [6, 6.07) is 14.4. The van der Waals surface area contributed by atoms with Crippen LogP contribution in [0.25, 0.3) is 22.5 Å².